The number of hydrogen-bond acceptors (Lipinski definition) is 6. The monoisotopic (exact) mass is 478 g/mol. The SMILES string of the molecule is CC1(Oc2ncnc3c2nc(-c2ccc(OCCC(=O)O)cc2Cl)n3Cc2ccccc2)CC1. The molecule has 0 radical (unpaired) electrons. The lowest BCUT2D eigenvalue weighted by molar-refractivity contribution is -0.137. The Morgan fingerprint density at radius 3 is 2.68 bits per heavy atom. The van der Waals surface area contributed by atoms with E-state index in [0.29, 0.717) is 45.7 Å². The van der Waals surface area contributed by atoms with Crippen molar-refractivity contribution in [2.24, 2.45) is 0 Å². The number of carbonyl (C=O) groups is 1. The highest BCUT2D eigenvalue weighted by Crippen LogP contribution is 2.41. The minimum atomic E-state index is -0.920. The minimum Gasteiger partial charge on any atom is -0.493 e. The Hall–Kier alpha value is -3.65. The molecule has 0 bridgehead atoms. The predicted octanol–water partition coefficient (Wildman–Crippen LogP) is 4.98. The summed E-state index contributed by atoms with van der Waals surface area (Å²) in [6.45, 7) is 2.66. The molecule has 1 aliphatic carbocycles. The first-order valence-electron chi connectivity index (χ1n) is 11.0. The smallest absolute Gasteiger partial charge is 0.306 e. The summed E-state index contributed by atoms with van der Waals surface area (Å²) < 4.78 is 13.7. The fourth-order valence-corrected chi connectivity index (χ4v) is 3.90. The Morgan fingerprint density at radius 2 is 1.97 bits per heavy atom. The molecule has 2 aromatic carbocycles. The van der Waals surface area contributed by atoms with Crippen LogP contribution in [0.25, 0.3) is 22.6 Å². The second-order valence-corrected chi connectivity index (χ2v) is 8.95. The zero-order valence-electron chi connectivity index (χ0n) is 18.6. The first-order chi connectivity index (χ1) is 16.4. The Balaban J connectivity index is 1.57. The number of hydrogen-bond donors (Lipinski definition) is 1. The number of rotatable bonds is 9. The molecule has 2 heterocycles. The van der Waals surface area contributed by atoms with Gasteiger partial charge in [0.05, 0.1) is 24.6 Å². The zero-order chi connectivity index (χ0) is 23.7. The second-order valence-electron chi connectivity index (χ2n) is 8.54. The lowest BCUT2D eigenvalue weighted by Crippen LogP contribution is -2.13. The van der Waals surface area contributed by atoms with E-state index in [-0.39, 0.29) is 18.6 Å². The minimum absolute atomic E-state index is 0.0621. The molecule has 34 heavy (non-hydrogen) atoms. The highest BCUT2D eigenvalue weighted by molar-refractivity contribution is 6.33. The molecule has 0 atom stereocenters. The molecule has 9 heteroatoms. The number of carboxylic acid groups (broad SMARTS) is 1. The number of halogens is 1. The van der Waals surface area contributed by atoms with Crippen molar-refractivity contribution in [1.82, 2.24) is 19.5 Å². The topological polar surface area (TPSA) is 99.4 Å². The number of aromatic nitrogens is 4. The Labute approximate surface area is 201 Å². The van der Waals surface area contributed by atoms with Gasteiger partial charge in [-0.05, 0) is 43.5 Å². The summed E-state index contributed by atoms with van der Waals surface area (Å²) in [4.78, 5) is 24.5. The van der Waals surface area contributed by atoms with Crippen molar-refractivity contribution in [2.45, 2.75) is 38.3 Å². The van der Waals surface area contributed by atoms with Gasteiger partial charge in [-0.25, -0.2) is 9.97 Å². The molecule has 0 unspecified atom stereocenters. The van der Waals surface area contributed by atoms with Crippen LogP contribution in [0.3, 0.4) is 0 Å². The van der Waals surface area contributed by atoms with Crippen molar-refractivity contribution in [3.8, 4) is 23.0 Å². The lowest BCUT2D eigenvalue weighted by Gasteiger charge is -2.12. The van der Waals surface area contributed by atoms with Crippen LogP contribution in [-0.2, 0) is 11.3 Å². The first kappa shape index (κ1) is 22.2. The average Bonchev–Trinajstić information content (AvgIpc) is 3.43. The molecule has 2 aromatic heterocycles. The Kier molecular flexibility index (Phi) is 5.83. The second kappa shape index (κ2) is 8.95. The molecule has 174 valence electrons. The van der Waals surface area contributed by atoms with E-state index in [1.165, 1.54) is 6.33 Å². The van der Waals surface area contributed by atoms with Crippen molar-refractivity contribution in [3.63, 3.8) is 0 Å². The summed E-state index contributed by atoms with van der Waals surface area (Å²) in [6, 6.07) is 15.3. The maximum atomic E-state index is 10.7. The lowest BCUT2D eigenvalue weighted by atomic mass is 10.2. The van der Waals surface area contributed by atoms with Gasteiger partial charge in [0.1, 0.15) is 23.5 Å². The molecule has 8 nitrogen and oxygen atoms in total. The summed E-state index contributed by atoms with van der Waals surface area (Å²) in [5.41, 5.74) is 2.82. The third-order valence-electron chi connectivity index (χ3n) is 5.75. The first-order valence-corrected chi connectivity index (χ1v) is 11.4. The van der Waals surface area contributed by atoms with Crippen LogP contribution in [0.2, 0.25) is 5.02 Å². The molecule has 1 saturated carbocycles. The van der Waals surface area contributed by atoms with Gasteiger partial charge in [0.2, 0.25) is 5.88 Å². The van der Waals surface area contributed by atoms with Crippen molar-refractivity contribution in [1.29, 1.82) is 0 Å². The molecule has 4 aromatic rings. The van der Waals surface area contributed by atoms with Gasteiger partial charge in [-0.3, -0.25) is 4.79 Å². The van der Waals surface area contributed by atoms with E-state index < -0.39 is 5.97 Å². The number of fused-ring (bicyclic) bond motifs is 1. The third-order valence-corrected chi connectivity index (χ3v) is 6.06. The molecule has 0 spiro atoms. The van der Waals surface area contributed by atoms with Crippen LogP contribution in [0, 0.1) is 0 Å². The molecular formula is C25H23ClN4O4. The molecule has 0 saturated heterocycles. The van der Waals surface area contributed by atoms with Crippen LogP contribution in [0.4, 0.5) is 0 Å². The summed E-state index contributed by atoms with van der Waals surface area (Å²) in [5.74, 6) is 0.665. The van der Waals surface area contributed by atoms with Crippen LogP contribution < -0.4 is 9.47 Å². The molecule has 1 N–H and O–H groups in total. The highest BCUT2D eigenvalue weighted by atomic mass is 35.5. The highest BCUT2D eigenvalue weighted by Gasteiger charge is 2.41. The molecule has 0 amide bonds. The van der Waals surface area contributed by atoms with Gasteiger partial charge in [-0.1, -0.05) is 41.9 Å². The van der Waals surface area contributed by atoms with Crippen molar-refractivity contribution >= 4 is 28.7 Å². The van der Waals surface area contributed by atoms with E-state index in [0.717, 1.165) is 18.4 Å². The quantitative estimate of drug-likeness (QED) is 0.362. The summed E-state index contributed by atoms with van der Waals surface area (Å²) in [7, 11) is 0. The number of ether oxygens (including phenoxy) is 2. The maximum absolute atomic E-state index is 10.7. The van der Waals surface area contributed by atoms with Gasteiger partial charge < -0.3 is 19.1 Å². The Bertz CT molecular complexity index is 1350. The van der Waals surface area contributed by atoms with Gasteiger partial charge >= 0.3 is 5.97 Å². The zero-order valence-corrected chi connectivity index (χ0v) is 19.3. The fourth-order valence-electron chi connectivity index (χ4n) is 3.65. The van der Waals surface area contributed by atoms with Gasteiger partial charge in [-0.15, -0.1) is 0 Å². The van der Waals surface area contributed by atoms with Crippen molar-refractivity contribution in [2.75, 3.05) is 6.61 Å². The summed E-state index contributed by atoms with van der Waals surface area (Å²) in [6.07, 6.45) is 3.36. The average molecular weight is 479 g/mol. The van der Waals surface area contributed by atoms with E-state index in [1.54, 1.807) is 12.1 Å². The molecular weight excluding hydrogens is 456 g/mol. The van der Waals surface area contributed by atoms with Crippen LogP contribution in [0.15, 0.2) is 54.9 Å². The van der Waals surface area contributed by atoms with E-state index in [1.807, 2.05) is 41.0 Å². The normalized spacial score (nSPS) is 14.2. The Morgan fingerprint density at radius 1 is 1.18 bits per heavy atom. The van der Waals surface area contributed by atoms with E-state index in [4.69, 9.17) is 31.2 Å². The number of nitrogens with zero attached hydrogens (tertiary/aromatic N) is 4. The number of carboxylic acids is 1. The number of benzene rings is 2. The van der Waals surface area contributed by atoms with E-state index in [9.17, 15) is 4.79 Å². The number of aliphatic carboxylic acids is 1. The summed E-state index contributed by atoms with van der Waals surface area (Å²) >= 11 is 6.65. The molecule has 1 aliphatic rings. The predicted molar refractivity (Wildman–Crippen MR) is 127 cm³/mol. The molecule has 1 fully saturated rings. The van der Waals surface area contributed by atoms with Gasteiger partial charge in [0.15, 0.2) is 11.2 Å². The number of imidazole rings is 1. The van der Waals surface area contributed by atoms with Crippen LogP contribution >= 0.6 is 11.6 Å². The standard InChI is InChI=1S/C25H23ClN4O4/c1-25(10-11-25)34-24-21-23(27-15-28-24)30(14-16-5-3-2-4-6-16)22(29-21)18-8-7-17(13-19(18)26)33-12-9-20(31)32/h2-8,13,15H,9-12,14H2,1H3,(H,31,32). The molecule has 5 rings (SSSR count). The summed E-state index contributed by atoms with van der Waals surface area (Å²) in [5, 5.41) is 9.25. The van der Waals surface area contributed by atoms with Crippen LogP contribution in [0.5, 0.6) is 11.6 Å². The molecule has 0 aliphatic heterocycles. The largest absolute Gasteiger partial charge is 0.493 e. The van der Waals surface area contributed by atoms with Gasteiger partial charge in [0, 0.05) is 5.56 Å². The third kappa shape index (κ3) is 4.68. The van der Waals surface area contributed by atoms with E-state index in [2.05, 4.69) is 16.9 Å². The van der Waals surface area contributed by atoms with Gasteiger partial charge in [0.25, 0.3) is 0 Å². The van der Waals surface area contributed by atoms with E-state index >= 15 is 0 Å². The van der Waals surface area contributed by atoms with Crippen molar-refractivity contribution in [3.05, 3.63) is 65.4 Å². The van der Waals surface area contributed by atoms with Gasteiger partial charge in [-0.2, -0.15) is 4.98 Å². The fraction of sp³-hybridized carbons (Fsp3) is 0.280. The maximum Gasteiger partial charge on any atom is 0.306 e. The van der Waals surface area contributed by atoms with Crippen LogP contribution in [-0.4, -0.2) is 42.8 Å². The van der Waals surface area contributed by atoms with Crippen LogP contribution in [0.1, 0.15) is 31.7 Å². The van der Waals surface area contributed by atoms with Crippen molar-refractivity contribution < 1.29 is 19.4 Å².